The van der Waals surface area contributed by atoms with Crippen LogP contribution in [0.15, 0.2) is 18.5 Å². The summed E-state index contributed by atoms with van der Waals surface area (Å²) in [6.07, 6.45) is 3.28. The van der Waals surface area contributed by atoms with Gasteiger partial charge in [0, 0.05) is 18.9 Å². The number of hydrogen-bond acceptors (Lipinski definition) is 8. The number of nitrogens with two attached hydrogens (primary N) is 2. The van der Waals surface area contributed by atoms with E-state index in [1.54, 1.807) is 23.4 Å². The van der Waals surface area contributed by atoms with Crippen LogP contribution in [0.3, 0.4) is 0 Å². The number of nitrogens with zero attached hydrogens (tertiary/aromatic N) is 6. The molecule has 1 aliphatic heterocycles. The van der Waals surface area contributed by atoms with Gasteiger partial charge in [-0.3, -0.25) is 4.79 Å². The third-order valence-corrected chi connectivity index (χ3v) is 3.05. The van der Waals surface area contributed by atoms with E-state index >= 15 is 0 Å². The molecule has 0 aromatic carbocycles. The van der Waals surface area contributed by atoms with Crippen LogP contribution in [0.4, 0.5) is 11.9 Å². The lowest BCUT2D eigenvalue weighted by atomic mass is 10.2. The summed E-state index contributed by atoms with van der Waals surface area (Å²) in [5.74, 6) is 0.0897. The highest BCUT2D eigenvalue weighted by Crippen LogP contribution is 2.17. The summed E-state index contributed by atoms with van der Waals surface area (Å²) in [4.78, 5) is 25.6. The van der Waals surface area contributed by atoms with Gasteiger partial charge in [-0.25, -0.2) is 4.68 Å². The summed E-state index contributed by atoms with van der Waals surface area (Å²) in [5, 5.41) is 4.04. The van der Waals surface area contributed by atoms with Crippen LogP contribution in [-0.4, -0.2) is 56.4 Å². The van der Waals surface area contributed by atoms with Crippen molar-refractivity contribution in [1.82, 2.24) is 24.7 Å². The van der Waals surface area contributed by atoms with Crippen LogP contribution in [0.2, 0.25) is 0 Å². The molecule has 0 aliphatic carbocycles. The Labute approximate surface area is 119 Å². The van der Waals surface area contributed by atoms with Gasteiger partial charge in [0.25, 0.3) is 5.95 Å². The summed E-state index contributed by atoms with van der Waals surface area (Å²) in [7, 11) is 0. The molecular weight excluding hydrogens is 276 g/mol. The Morgan fingerprint density at radius 2 is 2.14 bits per heavy atom. The lowest BCUT2D eigenvalue weighted by Crippen LogP contribution is -2.53. The largest absolute Gasteiger partial charge is 0.377 e. The van der Waals surface area contributed by atoms with Crippen LogP contribution in [0.25, 0.3) is 5.95 Å². The maximum Gasteiger partial charge on any atom is 0.257 e. The molecule has 3 rings (SSSR count). The summed E-state index contributed by atoms with van der Waals surface area (Å²) in [6, 6.07) is 1.10. The van der Waals surface area contributed by atoms with E-state index in [1.165, 1.54) is 4.68 Å². The van der Waals surface area contributed by atoms with Crippen molar-refractivity contribution in [1.29, 1.82) is 0 Å². The summed E-state index contributed by atoms with van der Waals surface area (Å²) in [5.41, 5.74) is 11.1. The van der Waals surface area contributed by atoms with Crippen LogP contribution in [-0.2, 0) is 9.53 Å². The normalized spacial score (nSPS) is 18.7. The molecule has 1 aliphatic rings. The van der Waals surface area contributed by atoms with Gasteiger partial charge in [0.2, 0.25) is 17.8 Å². The third-order valence-electron chi connectivity index (χ3n) is 3.05. The van der Waals surface area contributed by atoms with Crippen LogP contribution in [0, 0.1) is 0 Å². The molecule has 1 atom stereocenters. The predicted molar refractivity (Wildman–Crippen MR) is 72.5 cm³/mol. The molecule has 110 valence electrons. The first kappa shape index (κ1) is 13.2. The Kier molecular flexibility index (Phi) is 3.36. The van der Waals surface area contributed by atoms with E-state index in [-0.39, 0.29) is 24.5 Å². The third kappa shape index (κ3) is 2.60. The second kappa shape index (κ2) is 5.32. The first-order chi connectivity index (χ1) is 10.1. The number of hydrogen-bond donors (Lipinski definition) is 2. The molecule has 0 spiro atoms. The minimum Gasteiger partial charge on any atom is -0.377 e. The fourth-order valence-corrected chi connectivity index (χ4v) is 2.07. The molecule has 1 amide bonds. The van der Waals surface area contributed by atoms with Gasteiger partial charge in [-0.1, -0.05) is 0 Å². The zero-order valence-corrected chi connectivity index (χ0v) is 11.1. The number of rotatable bonds is 3. The average Bonchev–Trinajstić information content (AvgIpc) is 3.01. The number of primary amides is 1. The molecule has 21 heavy (non-hydrogen) atoms. The molecule has 10 heteroatoms. The van der Waals surface area contributed by atoms with Crippen LogP contribution < -0.4 is 16.4 Å². The van der Waals surface area contributed by atoms with Gasteiger partial charge >= 0.3 is 0 Å². The molecule has 3 heterocycles. The summed E-state index contributed by atoms with van der Waals surface area (Å²) >= 11 is 0. The first-order valence-corrected chi connectivity index (χ1v) is 6.30. The molecular formula is C11H14N8O2. The van der Waals surface area contributed by atoms with E-state index < -0.39 is 11.9 Å². The van der Waals surface area contributed by atoms with Crippen molar-refractivity contribution in [3.63, 3.8) is 0 Å². The van der Waals surface area contributed by atoms with Gasteiger partial charge in [-0.15, -0.1) is 0 Å². The fourth-order valence-electron chi connectivity index (χ4n) is 2.07. The van der Waals surface area contributed by atoms with Gasteiger partial charge in [-0.2, -0.15) is 20.1 Å². The Morgan fingerprint density at radius 1 is 1.33 bits per heavy atom. The predicted octanol–water partition coefficient (Wildman–Crippen LogP) is -1.67. The highest BCUT2D eigenvalue weighted by atomic mass is 16.5. The smallest absolute Gasteiger partial charge is 0.257 e. The fraction of sp³-hybridized carbons (Fsp3) is 0.364. The average molecular weight is 290 g/mol. The van der Waals surface area contributed by atoms with E-state index in [0.717, 1.165) is 0 Å². The second-order valence-corrected chi connectivity index (χ2v) is 4.43. The molecule has 1 unspecified atom stereocenters. The lowest BCUT2D eigenvalue weighted by molar-refractivity contribution is -0.121. The number of aromatic nitrogens is 5. The van der Waals surface area contributed by atoms with Crippen molar-refractivity contribution in [2.24, 2.45) is 5.73 Å². The van der Waals surface area contributed by atoms with Crippen molar-refractivity contribution < 1.29 is 9.53 Å². The SMILES string of the molecule is NC(=O)C1COCCN1c1nc(N)nc(-n2cccn2)n1. The Morgan fingerprint density at radius 3 is 2.86 bits per heavy atom. The quantitative estimate of drug-likeness (QED) is 0.684. The molecule has 2 aromatic heterocycles. The molecule has 0 saturated carbocycles. The lowest BCUT2D eigenvalue weighted by Gasteiger charge is -2.33. The monoisotopic (exact) mass is 290 g/mol. The van der Waals surface area contributed by atoms with Crippen molar-refractivity contribution in [3.05, 3.63) is 18.5 Å². The van der Waals surface area contributed by atoms with E-state index in [2.05, 4.69) is 20.1 Å². The number of nitrogen functional groups attached to an aromatic ring is 1. The molecule has 10 nitrogen and oxygen atoms in total. The zero-order chi connectivity index (χ0) is 14.8. The first-order valence-electron chi connectivity index (χ1n) is 6.30. The van der Waals surface area contributed by atoms with E-state index in [4.69, 9.17) is 16.2 Å². The maximum atomic E-state index is 11.5. The standard InChI is InChI=1S/C11H14N8O2/c12-8(20)7-6-21-5-4-18(7)10-15-9(13)16-11(17-10)19-3-1-2-14-19/h1-3,7H,4-6H2,(H2,12,20)(H2,13,15,16,17). The van der Waals surface area contributed by atoms with Gasteiger partial charge in [0.15, 0.2) is 0 Å². The van der Waals surface area contributed by atoms with E-state index in [0.29, 0.717) is 13.2 Å². The van der Waals surface area contributed by atoms with Gasteiger partial charge in [-0.05, 0) is 6.07 Å². The molecule has 2 aromatic rings. The highest BCUT2D eigenvalue weighted by Gasteiger charge is 2.30. The van der Waals surface area contributed by atoms with Crippen molar-refractivity contribution >= 4 is 17.8 Å². The Balaban J connectivity index is 1.99. The topological polar surface area (TPSA) is 138 Å². The van der Waals surface area contributed by atoms with Crippen molar-refractivity contribution in [3.8, 4) is 5.95 Å². The van der Waals surface area contributed by atoms with E-state index in [1.807, 2.05) is 0 Å². The van der Waals surface area contributed by atoms with Gasteiger partial charge < -0.3 is 21.1 Å². The summed E-state index contributed by atoms with van der Waals surface area (Å²) < 4.78 is 6.72. The minimum atomic E-state index is -0.633. The molecule has 0 bridgehead atoms. The summed E-state index contributed by atoms with van der Waals surface area (Å²) in [6.45, 7) is 1.08. The number of morpholine rings is 1. The number of anilines is 2. The van der Waals surface area contributed by atoms with Crippen molar-refractivity contribution in [2.75, 3.05) is 30.4 Å². The minimum absolute atomic E-state index is 0.0419. The molecule has 0 radical (unpaired) electrons. The number of carbonyl (C=O) groups excluding carboxylic acids is 1. The van der Waals surface area contributed by atoms with Crippen molar-refractivity contribution in [2.45, 2.75) is 6.04 Å². The zero-order valence-electron chi connectivity index (χ0n) is 11.1. The number of carbonyl (C=O) groups is 1. The Hall–Kier alpha value is -2.75. The molecule has 4 N–H and O–H groups in total. The maximum absolute atomic E-state index is 11.5. The van der Waals surface area contributed by atoms with Gasteiger partial charge in [0.05, 0.1) is 13.2 Å². The van der Waals surface area contributed by atoms with Crippen LogP contribution in [0.5, 0.6) is 0 Å². The van der Waals surface area contributed by atoms with Gasteiger partial charge in [0.1, 0.15) is 6.04 Å². The Bertz CT molecular complexity index is 644. The molecule has 1 fully saturated rings. The number of amides is 1. The van der Waals surface area contributed by atoms with Crippen LogP contribution >= 0.6 is 0 Å². The van der Waals surface area contributed by atoms with E-state index in [9.17, 15) is 4.79 Å². The molecule has 1 saturated heterocycles. The second-order valence-electron chi connectivity index (χ2n) is 4.43. The number of ether oxygens (including phenoxy) is 1. The highest BCUT2D eigenvalue weighted by molar-refractivity contribution is 5.83. The van der Waals surface area contributed by atoms with Crippen LogP contribution in [0.1, 0.15) is 0 Å².